The number of aromatic hydroxyl groups is 1. The number of aliphatic hydroxyl groups is 1. The number of carbonyl (C=O) groups excluding carboxylic acids is 1. The number of amides is 1. The second-order valence-electron chi connectivity index (χ2n) is 10.8. The molecule has 2 N–H and O–H groups in total. The van der Waals surface area contributed by atoms with Crippen LogP contribution < -0.4 is 9.47 Å². The van der Waals surface area contributed by atoms with Crippen molar-refractivity contribution in [1.29, 1.82) is 0 Å². The standard InChI is InChI=1S/C38H36ClNO6/c39-36-32(18-21-34(41)37(36)45-26-29-12-6-2-7-13-29)22-23-40(38(43)46-27-30-14-8-3-9-15-30)24-35(42)31-16-19-33(20-17-31)44-25-28-10-4-1-5-11-28/h1-21,35,41-42H,22-27H2. The summed E-state index contributed by atoms with van der Waals surface area (Å²) in [4.78, 5) is 14.8. The summed E-state index contributed by atoms with van der Waals surface area (Å²) in [6.07, 6.45) is -1.21. The molecule has 5 aromatic rings. The molecule has 8 heteroatoms. The highest BCUT2D eigenvalue weighted by Crippen LogP contribution is 2.37. The molecule has 0 aromatic heterocycles. The first-order chi connectivity index (χ1) is 22.5. The summed E-state index contributed by atoms with van der Waals surface area (Å²) in [6, 6.07) is 39.2. The maximum atomic E-state index is 13.3. The van der Waals surface area contributed by atoms with Gasteiger partial charge in [0.15, 0.2) is 11.5 Å². The number of hydrogen-bond donors (Lipinski definition) is 2. The summed E-state index contributed by atoms with van der Waals surface area (Å²) >= 11 is 6.68. The molecule has 1 unspecified atom stereocenters. The van der Waals surface area contributed by atoms with Gasteiger partial charge in [-0.2, -0.15) is 0 Å². The van der Waals surface area contributed by atoms with Gasteiger partial charge in [-0.15, -0.1) is 0 Å². The van der Waals surface area contributed by atoms with Gasteiger partial charge in [0, 0.05) is 6.54 Å². The molecule has 0 saturated carbocycles. The van der Waals surface area contributed by atoms with Gasteiger partial charge in [-0.3, -0.25) is 0 Å². The minimum Gasteiger partial charge on any atom is -0.504 e. The molecule has 1 atom stereocenters. The Labute approximate surface area is 274 Å². The van der Waals surface area contributed by atoms with Crippen LogP contribution in [0.1, 0.15) is 33.9 Å². The van der Waals surface area contributed by atoms with Gasteiger partial charge in [0.25, 0.3) is 0 Å². The van der Waals surface area contributed by atoms with Crippen molar-refractivity contribution in [3.63, 3.8) is 0 Å². The quantitative estimate of drug-likeness (QED) is 0.128. The molecular weight excluding hydrogens is 602 g/mol. The van der Waals surface area contributed by atoms with E-state index in [2.05, 4.69) is 0 Å². The van der Waals surface area contributed by atoms with Crippen molar-refractivity contribution >= 4 is 17.7 Å². The minimum absolute atomic E-state index is 0.00902. The first kappa shape index (κ1) is 32.4. The molecule has 0 bridgehead atoms. The van der Waals surface area contributed by atoms with Gasteiger partial charge in [-0.1, -0.05) is 121 Å². The molecule has 0 aliphatic rings. The van der Waals surface area contributed by atoms with Gasteiger partial charge in [0.05, 0.1) is 17.7 Å². The molecule has 0 aliphatic carbocycles. The molecule has 236 valence electrons. The first-order valence-electron chi connectivity index (χ1n) is 15.0. The highest BCUT2D eigenvalue weighted by atomic mass is 35.5. The van der Waals surface area contributed by atoms with E-state index in [1.54, 1.807) is 30.3 Å². The van der Waals surface area contributed by atoms with E-state index in [0.717, 1.165) is 16.7 Å². The maximum absolute atomic E-state index is 13.3. The van der Waals surface area contributed by atoms with Gasteiger partial charge >= 0.3 is 6.09 Å². The molecule has 0 radical (unpaired) electrons. The Balaban J connectivity index is 1.25. The lowest BCUT2D eigenvalue weighted by Crippen LogP contribution is -2.36. The Bertz CT molecular complexity index is 1670. The summed E-state index contributed by atoms with van der Waals surface area (Å²) in [6.45, 7) is 0.952. The topological polar surface area (TPSA) is 88.5 Å². The fourth-order valence-electron chi connectivity index (χ4n) is 4.81. The van der Waals surface area contributed by atoms with Crippen LogP contribution >= 0.6 is 11.6 Å². The molecule has 5 aromatic carbocycles. The van der Waals surface area contributed by atoms with Crippen molar-refractivity contribution in [1.82, 2.24) is 4.90 Å². The van der Waals surface area contributed by atoms with Crippen LogP contribution in [0.15, 0.2) is 127 Å². The zero-order chi connectivity index (χ0) is 32.1. The summed E-state index contributed by atoms with van der Waals surface area (Å²) < 4.78 is 17.4. The molecule has 0 aliphatic heterocycles. The largest absolute Gasteiger partial charge is 0.504 e. The number of nitrogens with zero attached hydrogens (tertiary/aromatic N) is 1. The van der Waals surface area contributed by atoms with Crippen LogP contribution in [0.2, 0.25) is 5.02 Å². The second kappa shape index (κ2) is 16.4. The number of rotatable bonds is 14. The lowest BCUT2D eigenvalue weighted by molar-refractivity contribution is 0.0690. The van der Waals surface area contributed by atoms with E-state index < -0.39 is 12.2 Å². The SMILES string of the molecule is O=C(OCc1ccccc1)N(CCc1ccc(O)c(OCc2ccccc2)c1Cl)CC(O)c1ccc(OCc2ccccc2)cc1. The van der Waals surface area contributed by atoms with Gasteiger partial charge in [-0.05, 0) is 52.4 Å². The third-order valence-corrected chi connectivity index (χ3v) is 7.82. The number of benzene rings is 5. The van der Waals surface area contributed by atoms with Crippen molar-refractivity contribution < 1.29 is 29.2 Å². The van der Waals surface area contributed by atoms with Crippen LogP contribution in [0.5, 0.6) is 17.2 Å². The number of phenols is 1. The van der Waals surface area contributed by atoms with Crippen molar-refractivity contribution in [2.45, 2.75) is 32.3 Å². The van der Waals surface area contributed by atoms with E-state index in [9.17, 15) is 15.0 Å². The van der Waals surface area contributed by atoms with Gasteiger partial charge in [0.2, 0.25) is 0 Å². The third kappa shape index (κ3) is 9.27. The number of halogens is 1. The number of carbonyl (C=O) groups is 1. The van der Waals surface area contributed by atoms with E-state index in [-0.39, 0.29) is 42.8 Å². The number of hydrogen-bond acceptors (Lipinski definition) is 6. The predicted octanol–water partition coefficient (Wildman–Crippen LogP) is 8.12. The first-order valence-corrected chi connectivity index (χ1v) is 15.4. The molecule has 0 fully saturated rings. The summed E-state index contributed by atoms with van der Waals surface area (Å²) in [5, 5.41) is 21.9. The Morgan fingerprint density at radius 2 is 1.24 bits per heavy atom. The molecule has 0 heterocycles. The highest BCUT2D eigenvalue weighted by Gasteiger charge is 2.22. The zero-order valence-electron chi connectivity index (χ0n) is 25.3. The van der Waals surface area contributed by atoms with E-state index in [1.807, 2.05) is 91.0 Å². The average Bonchev–Trinajstić information content (AvgIpc) is 3.10. The highest BCUT2D eigenvalue weighted by molar-refractivity contribution is 6.33. The predicted molar refractivity (Wildman–Crippen MR) is 178 cm³/mol. The van der Waals surface area contributed by atoms with Gasteiger partial charge < -0.3 is 29.3 Å². The smallest absolute Gasteiger partial charge is 0.410 e. The van der Waals surface area contributed by atoms with Crippen LogP contribution in [0, 0.1) is 0 Å². The van der Waals surface area contributed by atoms with Crippen LogP contribution in [0.4, 0.5) is 4.79 Å². The third-order valence-electron chi connectivity index (χ3n) is 7.40. The van der Waals surface area contributed by atoms with Crippen LogP contribution in [0.3, 0.4) is 0 Å². The van der Waals surface area contributed by atoms with Crippen molar-refractivity contribution in [3.05, 3.63) is 160 Å². The van der Waals surface area contributed by atoms with E-state index >= 15 is 0 Å². The normalized spacial score (nSPS) is 11.4. The van der Waals surface area contributed by atoms with E-state index in [0.29, 0.717) is 29.9 Å². The minimum atomic E-state index is -0.979. The monoisotopic (exact) mass is 637 g/mol. The summed E-state index contributed by atoms with van der Waals surface area (Å²) in [5.41, 5.74) is 4.15. The number of phenolic OH excluding ortho intramolecular Hbond substituents is 1. The van der Waals surface area contributed by atoms with Crippen molar-refractivity contribution in [2.75, 3.05) is 13.1 Å². The Morgan fingerprint density at radius 3 is 1.83 bits per heavy atom. The fraction of sp³-hybridized carbons (Fsp3) is 0.184. The lowest BCUT2D eigenvalue weighted by atomic mass is 10.1. The zero-order valence-corrected chi connectivity index (χ0v) is 26.1. The summed E-state index contributed by atoms with van der Waals surface area (Å²) in [7, 11) is 0. The van der Waals surface area contributed by atoms with Crippen LogP contribution in [-0.2, 0) is 31.0 Å². The van der Waals surface area contributed by atoms with Crippen LogP contribution in [0.25, 0.3) is 0 Å². The molecule has 5 rings (SSSR count). The van der Waals surface area contributed by atoms with Crippen LogP contribution in [-0.4, -0.2) is 34.3 Å². The van der Waals surface area contributed by atoms with Crippen molar-refractivity contribution in [2.24, 2.45) is 0 Å². The number of ether oxygens (including phenoxy) is 3. The maximum Gasteiger partial charge on any atom is 0.410 e. The molecule has 0 saturated heterocycles. The van der Waals surface area contributed by atoms with Gasteiger partial charge in [-0.25, -0.2) is 4.79 Å². The van der Waals surface area contributed by atoms with Crippen molar-refractivity contribution in [3.8, 4) is 17.2 Å². The van der Waals surface area contributed by atoms with E-state index in [4.69, 9.17) is 25.8 Å². The molecule has 1 amide bonds. The van der Waals surface area contributed by atoms with Gasteiger partial charge in [0.1, 0.15) is 25.6 Å². The molecular formula is C38H36ClNO6. The Kier molecular flexibility index (Phi) is 11.5. The summed E-state index contributed by atoms with van der Waals surface area (Å²) in [5.74, 6) is 0.775. The Morgan fingerprint density at radius 1 is 0.696 bits per heavy atom. The molecule has 7 nitrogen and oxygen atoms in total. The number of aliphatic hydroxyl groups excluding tert-OH is 1. The molecule has 0 spiro atoms. The Hall–Kier alpha value is -4.98. The lowest BCUT2D eigenvalue weighted by Gasteiger charge is -2.25. The molecule has 46 heavy (non-hydrogen) atoms. The fourth-order valence-corrected chi connectivity index (χ4v) is 5.12. The average molecular weight is 638 g/mol. The second-order valence-corrected chi connectivity index (χ2v) is 11.1. The van der Waals surface area contributed by atoms with E-state index in [1.165, 1.54) is 11.0 Å².